The van der Waals surface area contributed by atoms with Crippen LogP contribution in [0.2, 0.25) is 0 Å². The molecule has 0 aliphatic rings. The summed E-state index contributed by atoms with van der Waals surface area (Å²) in [6, 6.07) is 6.21. The molecule has 2 aromatic rings. The molecule has 29 heavy (non-hydrogen) atoms. The lowest BCUT2D eigenvalue weighted by Gasteiger charge is -2.19. The van der Waals surface area contributed by atoms with E-state index in [-0.39, 0.29) is 28.5 Å². The van der Waals surface area contributed by atoms with Crippen molar-refractivity contribution in [2.24, 2.45) is 11.8 Å². The predicted octanol–water partition coefficient (Wildman–Crippen LogP) is 0.122. The maximum Gasteiger partial charge on any atom is 0.505 e. The van der Waals surface area contributed by atoms with Crippen LogP contribution >= 0.6 is 0 Å². The average molecular weight is 401 g/mol. The maximum absolute atomic E-state index is 12.1. The predicted molar refractivity (Wildman–Crippen MR) is 113 cm³/mol. The molecule has 0 radical (unpaired) electrons. The van der Waals surface area contributed by atoms with Crippen molar-refractivity contribution in [2.75, 3.05) is 5.73 Å². The second-order valence-electron chi connectivity index (χ2n) is 7.39. The molecule has 2 rings (SSSR count). The van der Waals surface area contributed by atoms with Gasteiger partial charge in [-0.15, -0.1) is 0 Å². The van der Waals surface area contributed by atoms with E-state index < -0.39 is 7.12 Å². The lowest BCUT2D eigenvalue weighted by Crippen LogP contribution is -2.37. The first-order chi connectivity index (χ1) is 13.8. The van der Waals surface area contributed by atoms with Gasteiger partial charge in [0, 0.05) is 23.1 Å². The molecule has 0 aliphatic carbocycles. The summed E-state index contributed by atoms with van der Waals surface area (Å²) < 4.78 is 0. The normalized spacial score (nSPS) is 13.1. The summed E-state index contributed by atoms with van der Waals surface area (Å²) in [7, 11) is -1.70. The minimum atomic E-state index is -1.70. The van der Waals surface area contributed by atoms with Gasteiger partial charge in [-0.05, 0) is 55.7 Å². The summed E-state index contributed by atoms with van der Waals surface area (Å²) in [6.07, 6.45) is 5.12. The van der Waals surface area contributed by atoms with Crippen LogP contribution in [0.15, 0.2) is 33.9 Å². The number of carbonyl (C=O) groups is 1. The Balaban J connectivity index is 1.92. The number of nitrogen functional groups attached to an aromatic ring is 1. The third-order valence-electron chi connectivity index (χ3n) is 5.34. The number of hydrogen-bond donors (Lipinski definition) is 5. The quantitative estimate of drug-likeness (QED) is 0.267. The molecule has 2 heterocycles. The monoisotopic (exact) mass is 401 g/mol. The van der Waals surface area contributed by atoms with Gasteiger partial charge in [0.25, 0.3) is 5.56 Å². The highest BCUT2D eigenvalue weighted by Gasteiger charge is 2.17. The van der Waals surface area contributed by atoms with Crippen LogP contribution < -0.4 is 22.4 Å². The zero-order chi connectivity index (χ0) is 21.4. The van der Waals surface area contributed by atoms with E-state index in [1.54, 1.807) is 12.1 Å². The molecule has 0 aromatic carbocycles. The average Bonchev–Trinajstić information content (AvgIpc) is 2.69. The third kappa shape index (κ3) is 6.72. The van der Waals surface area contributed by atoms with Crippen LogP contribution in [0.3, 0.4) is 0 Å². The molecule has 2 atom stereocenters. The zero-order valence-corrected chi connectivity index (χ0v) is 16.6. The number of pyridine rings is 2. The number of H-pyrrole nitrogens is 2. The van der Waals surface area contributed by atoms with Crippen molar-refractivity contribution < 1.29 is 14.8 Å². The first-order valence-corrected chi connectivity index (χ1v) is 9.85. The molecule has 8 nitrogen and oxygen atoms in total. The number of carbonyl (C=O) groups excluding carboxylic acids is 1. The molecule has 6 N–H and O–H groups in total. The van der Waals surface area contributed by atoms with E-state index in [1.165, 1.54) is 12.1 Å². The largest absolute Gasteiger partial charge is 0.505 e. The van der Waals surface area contributed by atoms with Crippen molar-refractivity contribution in [3.63, 3.8) is 0 Å². The maximum atomic E-state index is 12.1. The minimum Gasteiger partial charge on any atom is -0.422 e. The molecule has 156 valence electrons. The van der Waals surface area contributed by atoms with Crippen LogP contribution in [0, 0.1) is 11.8 Å². The van der Waals surface area contributed by atoms with Crippen LogP contribution in [0.25, 0.3) is 0 Å². The minimum absolute atomic E-state index is 0.0633. The number of aromatic amines is 2. The highest BCUT2D eigenvalue weighted by molar-refractivity contribution is 6.57. The number of anilines is 1. The van der Waals surface area contributed by atoms with Crippen LogP contribution in [-0.4, -0.2) is 33.4 Å². The van der Waals surface area contributed by atoms with E-state index in [0.29, 0.717) is 37.1 Å². The molecule has 0 bridgehead atoms. The number of nitrogens with two attached hydrogens (primary N) is 1. The Labute approximate surface area is 169 Å². The fourth-order valence-electron chi connectivity index (χ4n) is 3.46. The number of rotatable bonds is 11. The lowest BCUT2D eigenvalue weighted by atomic mass is 9.84. The van der Waals surface area contributed by atoms with Crippen LogP contribution in [0.1, 0.15) is 43.7 Å². The highest BCUT2D eigenvalue weighted by atomic mass is 16.4. The van der Waals surface area contributed by atoms with Gasteiger partial charge in [0.1, 0.15) is 12.1 Å². The van der Waals surface area contributed by atoms with E-state index >= 15 is 0 Å². The highest BCUT2D eigenvalue weighted by Crippen LogP contribution is 2.23. The Bertz CT molecular complexity index is 925. The number of aryl methyl sites for hydroxylation is 2. The molecule has 2 unspecified atom stereocenters. The standard InChI is InChI=1S/C20H28BN3O5/c1-2-13(3-6-16-7-9-17(21(28)29)23-20(16)27)11-14(12-25)4-5-15-8-10-18(26)24-19(15)22/h7-10,12-14,28-29H,2-6,11H2,1H3,(H,23,27)(H3,22,24,26). The van der Waals surface area contributed by atoms with E-state index in [4.69, 9.17) is 15.8 Å². The summed E-state index contributed by atoms with van der Waals surface area (Å²) in [4.78, 5) is 39.9. The van der Waals surface area contributed by atoms with Gasteiger partial charge in [-0.3, -0.25) is 9.59 Å². The summed E-state index contributed by atoms with van der Waals surface area (Å²) in [5.41, 5.74) is 6.71. The van der Waals surface area contributed by atoms with E-state index in [1.807, 2.05) is 0 Å². The topological polar surface area (TPSA) is 149 Å². The first-order valence-electron chi connectivity index (χ1n) is 9.85. The van der Waals surface area contributed by atoms with Crippen LogP contribution in [0.5, 0.6) is 0 Å². The van der Waals surface area contributed by atoms with Crippen molar-refractivity contribution in [3.05, 3.63) is 56.1 Å². The summed E-state index contributed by atoms with van der Waals surface area (Å²) in [5, 5.41) is 18.2. The van der Waals surface area contributed by atoms with Crippen LogP contribution in [-0.2, 0) is 17.6 Å². The van der Waals surface area contributed by atoms with Crippen LogP contribution in [0.4, 0.5) is 5.82 Å². The third-order valence-corrected chi connectivity index (χ3v) is 5.34. The van der Waals surface area contributed by atoms with Crippen molar-refractivity contribution in [1.29, 1.82) is 0 Å². The molecule has 0 amide bonds. The van der Waals surface area contributed by atoms with Gasteiger partial charge in [-0.2, -0.15) is 0 Å². The van der Waals surface area contributed by atoms with E-state index in [2.05, 4.69) is 16.9 Å². The Hall–Kier alpha value is -2.65. The second kappa shape index (κ2) is 10.8. The number of hydrogen-bond acceptors (Lipinski definition) is 6. The Kier molecular flexibility index (Phi) is 8.42. The van der Waals surface area contributed by atoms with Gasteiger partial charge >= 0.3 is 7.12 Å². The van der Waals surface area contributed by atoms with Crippen molar-refractivity contribution >= 4 is 24.8 Å². The SMILES string of the molecule is CCC(CCc1ccc(B(O)O)[nH]c1=O)CC(C=O)CCc1ccc(=O)[nH]c1N. The summed E-state index contributed by atoms with van der Waals surface area (Å²) >= 11 is 0. The molecule has 0 spiro atoms. The van der Waals surface area contributed by atoms with E-state index in [9.17, 15) is 14.4 Å². The molecular formula is C20H28BN3O5. The van der Waals surface area contributed by atoms with Gasteiger partial charge in [0.05, 0.1) is 0 Å². The molecule has 9 heteroatoms. The van der Waals surface area contributed by atoms with Gasteiger partial charge in [-0.1, -0.05) is 19.4 Å². The van der Waals surface area contributed by atoms with E-state index in [0.717, 1.165) is 24.7 Å². The number of nitrogens with one attached hydrogen (secondary N) is 2. The summed E-state index contributed by atoms with van der Waals surface area (Å²) in [6.45, 7) is 2.06. The zero-order valence-electron chi connectivity index (χ0n) is 16.6. The number of aldehydes is 1. The fraction of sp³-hybridized carbons (Fsp3) is 0.450. The van der Waals surface area contributed by atoms with Crippen molar-refractivity contribution in [2.45, 2.75) is 45.4 Å². The molecule has 0 fully saturated rings. The van der Waals surface area contributed by atoms with Gasteiger partial charge in [-0.25, -0.2) is 0 Å². The van der Waals surface area contributed by atoms with Crippen molar-refractivity contribution in [1.82, 2.24) is 9.97 Å². The Morgan fingerprint density at radius 1 is 1.07 bits per heavy atom. The van der Waals surface area contributed by atoms with Gasteiger partial charge in [0.15, 0.2) is 0 Å². The van der Waals surface area contributed by atoms with Gasteiger partial charge < -0.3 is 30.5 Å². The Morgan fingerprint density at radius 2 is 1.76 bits per heavy atom. The smallest absolute Gasteiger partial charge is 0.422 e. The molecular weight excluding hydrogens is 373 g/mol. The van der Waals surface area contributed by atoms with Crippen molar-refractivity contribution in [3.8, 4) is 0 Å². The number of aromatic nitrogens is 2. The lowest BCUT2D eigenvalue weighted by molar-refractivity contribution is -0.111. The molecule has 0 saturated heterocycles. The molecule has 2 aromatic heterocycles. The summed E-state index contributed by atoms with van der Waals surface area (Å²) in [5.74, 6) is 0.488. The fourth-order valence-corrected chi connectivity index (χ4v) is 3.46. The first kappa shape index (κ1) is 22.6. The van der Waals surface area contributed by atoms with Gasteiger partial charge in [0.2, 0.25) is 5.56 Å². The molecule has 0 saturated carbocycles. The Morgan fingerprint density at radius 3 is 2.34 bits per heavy atom. The second-order valence-corrected chi connectivity index (χ2v) is 7.39. The molecule has 0 aliphatic heterocycles.